The lowest BCUT2D eigenvalue weighted by Gasteiger charge is -1.90. The van der Waals surface area contributed by atoms with Crippen molar-refractivity contribution in [2.24, 2.45) is 0 Å². The van der Waals surface area contributed by atoms with Crippen molar-refractivity contribution < 1.29 is 14.7 Å². The summed E-state index contributed by atoms with van der Waals surface area (Å²) < 4.78 is 0. The van der Waals surface area contributed by atoms with Crippen LogP contribution >= 0.6 is 0 Å². The third-order valence-corrected chi connectivity index (χ3v) is 3.19. The Hall–Kier alpha value is -1.90. The molecule has 0 aliphatic rings. The van der Waals surface area contributed by atoms with E-state index in [1.807, 2.05) is 36.5 Å². The molecule has 0 amide bonds. The smallest absolute Gasteiger partial charge is 0.303 e. The number of carbonyl (C=O) groups is 2. The first-order valence-electron chi connectivity index (χ1n) is 8.54. The van der Waals surface area contributed by atoms with Crippen molar-refractivity contribution in [1.29, 1.82) is 0 Å². The van der Waals surface area contributed by atoms with E-state index in [9.17, 15) is 9.59 Å². The van der Waals surface area contributed by atoms with Crippen molar-refractivity contribution >= 4 is 11.8 Å². The number of carbonyl (C=O) groups excluding carboxylic acids is 1. The second kappa shape index (κ2) is 16.5. The summed E-state index contributed by atoms with van der Waals surface area (Å²) >= 11 is 0. The number of hydrogen-bond donors (Lipinski definition) is 1. The minimum atomic E-state index is -0.749. The Labute approximate surface area is 140 Å². The van der Waals surface area contributed by atoms with Gasteiger partial charge in [0.05, 0.1) is 0 Å². The van der Waals surface area contributed by atoms with Crippen LogP contribution in [0, 0.1) is 0 Å². The number of aliphatic carboxylic acids is 1. The molecule has 0 atom stereocenters. The summed E-state index contributed by atoms with van der Waals surface area (Å²) in [5.74, 6) is -0.648. The molecule has 0 saturated heterocycles. The fraction of sp³-hybridized carbons (Fsp3) is 0.500. The molecule has 0 fully saturated rings. The lowest BCUT2D eigenvalue weighted by atomic mass is 10.2. The highest BCUT2D eigenvalue weighted by molar-refractivity contribution is 5.90. The maximum Gasteiger partial charge on any atom is 0.303 e. The lowest BCUT2D eigenvalue weighted by molar-refractivity contribution is -0.137. The Balaban J connectivity index is 3.64. The highest BCUT2D eigenvalue weighted by atomic mass is 16.4. The summed E-state index contributed by atoms with van der Waals surface area (Å²) in [7, 11) is 0. The molecule has 23 heavy (non-hydrogen) atoms. The summed E-state index contributed by atoms with van der Waals surface area (Å²) in [5, 5.41) is 8.49. The van der Waals surface area contributed by atoms with Gasteiger partial charge in [-0.2, -0.15) is 0 Å². The highest BCUT2D eigenvalue weighted by Crippen LogP contribution is 2.00. The number of ketones is 1. The summed E-state index contributed by atoms with van der Waals surface area (Å²) in [6, 6.07) is 0. The molecule has 0 unspecified atom stereocenters. The van der Waals surface area contributed by atoms with Crippen LogP contribution < -0.4 is 0 Å². The Morgan fingerprint density at radius 2 is 1.61 bits per heavy atom. The van der Waals surface area contributed by atoms with Gasteiger partial charge in [0.25, 0.3) is 0 Å². The van der Waals surface area contributed by atoms with Crippen molar-refractivity contribution in [3.63, 3.8) is 0 Å². The first-order chi connectivity index (χ1) is 11.2. The fourth-order valence-electron chi connectivity index (χ4n) is 1.88. The molecule has 0 rings (SSSR count). The second-order valence-corrected chi connectivity index (χ2v) is 5.42. The molecule has 0 aromatic heterocycles. The van der Waals surface area contributed by atoms with Gasteiger partial charge >= 0.3 is 5.97 Å². The van der Waals surface area contributed by atoms with Gasteiger partial charge in [-0.3, -0.25) is 9.59 Å². The average molecular weight is 318 g/mol. The van der Waals surface area contributed by atoms with Gasteiger partial charge in [-0.15, -0.1) is 0 Å². The molecule has 0 aromatic rings. The molecular weight excluding hydrogens is 288 g/mol. The molecular formula is C20H30O3. The van der Waals surface area contributed by atoms with E-state index < -0.39 is 5.97 Å². The molecule has 0 aliphatic heterocycles. The highest BCUT2D eigenvalue weighted by Gasteiger charge is 1.93. The minimum Gasteiger partial charge on any atom is -0.481 e. The first kappa shape index (κ1) is 21.1. The van der Waals surface area contributed by atoms with E-state index in [4.69, 9.17) is 5.11 Å². The van der Waals surface area contributed by atoms with Crippen molar-refractivity contribution in [2.45, 2.75) is 64.7 Å². The van der Waals surface area contributed by atoms with Crippen LogP contribution in [0.25, 0.3) is 0 Å². The molecule has 0 heterocycles. The number of allylic oxidation sites excluding steroid dienone is 8. The first-order valence-corrected chi connectivity index (χ1v) is 8.54. The molecule has 0 spiro atoms. The molecule has 3 nitrogen and oxygen atoms in total. The third-order valence-electron chi connectivity index (χ3n) is 3.19. The Morgan fingerprint density at radius 3 is 2.35 bits per heavy atom. The van der Waals surface area contributed by atoms with Crippen LogP contribution in [-0.2, 0) is 9.59 Å². The number of rotatable bonds is 14. The predicted molar refractivity (Wildman–Crippen MR) is 96.4 cm³/mol. The summed E-state index contributed by atoms with van der Waals surface area (Å²) in [6.45, 7) is 2.19. The van der Waals surface area contributed by atoms with Gasteiger partial charge in [0, 0.05) is 12.8 Å². The van der Waals surface area contributed by atoms with Crippen LogP contribution in [0.3, 0.4) is 0 Å². The third kappa shape index (κ3) is 18.1. The topological polar surface area (TPSA) is 54.4 Å². The fourth-order valence-corrected chi connectivity index (χ4v) is 1.88. The van der Waals surface area contributed by atoms with E-state index in [1.54, 1.807) is 6.08 Å². The number of carboxylic acids is 1. The van der Waals surface area contributed by atoms with Crippen LogP contribution in [0.4, 0.5) is 0 Å². The largest absolute Gasteiger partial charge is 0.481 e. The van der Waals surface area contributed by atoms with E-state index in [2.05, 4.69) is 13.0 Å². The molecule has 0 radical (unpaired) electrons. The van der Waals surface area contributed by atoms with Crippen LogP contribution in [0.1, 0.15) is 64.7 Å². The normalized spacial score (nSPS) is 12.2. The van der Waals surface area contributed by atoms with Crippen LogP contribution in [0.5, 0.6) is 0 Å². The molecule has 1 N–H and O–H groups in total. The summed E-state index contributed by atoms with van der Waals surface area (Å²) in [6.07, 6.45) is 22.9. The predicted octanol–water partition coefficient (Wildman–Crippen LogP) is 5.40. The van der Waals surface area contributed by atoms with Gasteiger partial charge in [0.2, 0.25) is 0 Å². The van der Waals surface area contributed by atoms with Crippen LogP contribution in [0.2, 0.25) is 0 Å². The Bertz CT molecular complexity index is 428. The van der Waals surface area contributed by atoms with E-state index in [0.717, 1.165) is 19.3 Å². The van der Waals surface area contributed by atoms with Crippen molar-refractivity contribution in [1.82, 2.24) is 0 Å². The van der Waals surface area contributed by atoms with E-state index >= 15 is 0 Å². The standard InChI is InChI=1S/C20H30O3/c1-2-3-4-5-7-10-13-16-19(21)17-14-11-8-6-9-12-15-18-20(22)23/h6-7,9-11,13-14,16H,2-5,8,12,15,17-18H2,1H3,(H,22,23)/b9-6+,10-7-,14-11-,16-13-. The SMILES string of the molecule is CCCCC/C=C\C=C/C(=O)C/C=C\C/C=C/CCCC(=O)O. The number of hydrogen-bond acceptors (Lipinski definition) is 2. The van der Waals surface area contributed by atoms with E-state index in [1.165, 1.54) is 19.3 Å². The maximum atomic E-state index is 11.6. The van der Waals surface area contributed by atoms with Crippen molar-refractivity contribution in [3.05, 3.63) is 48.6 Å². The Morgan fingerprint density at radius 1 is 0.870 bits per heavy atom. The quantitative estimate of drug-likeness (QED) is 0.202. The molecule has 0 aliphatic carbocycles. The van der Waals surface area contributed by atoms with Gasteiger partial charge in [-0.05, 0) is 38.2 Å². The molecule has 3 heteroatoms. The molecule has 0 saturated carbocycles. The van der Waals surface area contributed by atoms with Crippen molar-refractivity contribution in [3.8, 4) is 0 Å². The monoisotopic (exact) mass is 318 g/mol. The lowest BCUT2D eigenvalue weighted by Crippen LogP contribution is -1.92. The second-order valence-electron chi connectivity index (χ2n) is 5.42. The van der Waals surface area contributed by atoms with E-state index in [-0.39, 0.29) is 12.2 Å². The van der Waals surface area contributed by atoms with Crippen molar-refractivity contribution in [2.75, 3.05) is 0 Å². The zero-order valence-electron chi connectivity index (χ0n) is 14.2. The van der Waals surface area contributed by atoms with Gasteiger partial charge in [0.15, 0.2) is 5.78 Å². The minimum absolute atomic E-state index is 0.102. The van der Waals surface area contributed by atoms with Crippen LogP contribution in [0.15, 0.2) is 48.6 Å². The molecule has 0 aromatic carbocycles. The zero-order valence-corrected chi connectivity index (χ0v) is 14.2. The van der Waals surface area contributed by atoms with Gasteiger partial charge in [0.1, 0.15) is 0 Å². The van der Waals surface area contributed by atoms with E-state index in [0.29, 0.717) is 12.8 Å². The van der Waals surface area contributed by atoms with Gasteiger partial charge in [-0.25, -0.2) is 0 Å². The summed E-state index contributed by atoms with van der Waals surface area (Å²) in [5.41, 5.74) is 0. The molecule has 128 valence electrons. The maximum absolute atomic E-state index is 11.6. The number of unbranched alkanes of at least 4 members (excludes halogenated alkanes) is 4. The zero-order chi connectivity index (χ0) is 17.2. The van der Waals surface area contributed by atoms with Gasteiger partial charge in [-0.1, -0.05) is 62.3 Å². The average Bonchev–Trinajstić information content (AvgIpc) is 2.52. The van der Waals surface area contributed by atoms with Crippen LogP contribution in [-0.4, -0.2) is 16.9 Å². The number of carboxylic acid groups (broad SMARTS) is 1. The molecule has 0 bridgehead atoms. The summed E-state index contributed by atoms with van der Waals surface area (Å²) in [4.78, 5) is 21.9. The van der Waals surface area contributed by atoms with Gasteiger partial charge < -0.3 is 5.11 Å². The Kier molecular flexibility index (Phi) is 15.1.